The third kappa shape index (κ3) is 2.26. The first kappa shape index (κ1) is 9.11. The zero-order valence-electron chi connectivity index (χ0n) is 6.37. The van der Waals surface area contributed by atoms with Crippen molar-refractivity contribution in [2.45, 2.75) is 6.43 Å². The highest BCUT2D eigenvalue weighted by Crippen LogP contribution is 2.16. The molecule has 0 saturated carbocycles. The molecule has 1 aromatic rings. The zero-order valence-corrected chi connectivity index (χ0v) is 7.18. The number of aromatic nitrogens is 2. The molecule has 1 heterocycles. The van der Waals surface area contributed by atoms with E-state index in [1.165, 1.54) is 11.9 Å². The normalized spacial score (nSPS) is 10.7. The van der Waals surface area contributed by atoms with Crippen LogP contribution in [0.3, 0.4) is 0 Å². The fourth-order valence-electron chi connectivity index (χ4n) is 0.667. The van der Waals surface area contributed by atoms with E-state index in [0.717, 1.165) is 11.5 Å². The van der Waals surface area contributed by atoms with Gasteiger partial charge in [-0.2, -0.15) is 9.36 Å². The SMILES string of the molecule is CN(CC(F)F)c1nc(N)ns1. The Morgan fingerprint density at radius 1 is 1.67 bits per heavy atom. The lowest BCUT2D eigenvalue weighted by Crippen LogP contribution is -2.23. The number of nitrogen functional groups attached to an aromatic ring is 1. The maximum absolute atomic E-state index is 11.9. The Labute approximate surface area is 72.2 Å². The van der Waals surface area contributed by atoms with Gasteiger partial charge < -0.3 is 10.6 Å². The van der Waals surface area contributed by atoms with Gasteiger partial charge in [-0.05, 0) is 0 Å². The Bertz CT molecular complexity index is 251. The van der Waals surface area contributed by atoms with E-state index in [2.05, 4.69) is 9.36 Å². The largest absolute Gasteiger partial charge is 0.367 e. The summed E-state index contributed by atoms with van der Waals surface area (Å²) in [5, 5.41) is 0.410. The van der Waals surface area contributed by atoms with Crippen molar-refractivity contribution in [3.8, 4) is 0 Å². The molecule has 0 radical (unpaired) electrons. The van der Waals surface area contributed by atoms with Crippen molar-refractivity contribution in [2.75, 3.05) is 24.2 Å². The van der Waals surface area contributed by atoms with Gasteiger partial charge in [0.2, 0.25) is 11.1 Å². The van der Waals surface area contributed by atoms with Gasteiger partial charge in [0.25, 0.3) is 6.43 Å². The fourth-order valence-corrected chi connectivity index (χ4v) is 1.23. The van der Waals surface area contributed by atoms with Crippen LogP contribution in [0.4, 0.5) is 19.9 Å². The summed E-state index contributed by atoms with van der Waals surface area (Å²) < 4.78 is 27.4. The molecule has 0 aliphatic rings. The van der Waals surface area contributed by atoms with E-state index in [1.54, 1.807) is 0 Å². The summed E-state index contributed by atoms with van der Waals surface area (Å²) in [4.78, 5) is 5.06. The molecule has 0 bridgehead atoms. The number of alkyl halides is 2. The molecule has 7 heteroatoms. The Balaban J connectivity index is 2.58. The first-order chi connectivity index (χ1) is 5.59. The summed E-state index contributed by atoms with van der Waals surface area (Å²) in [5.74, 6) is 0.121. The monoisotopic (exact) mass is 194 g/mol. The lowest BCUT2D eigenvalue weighted by molar-refractivity contribution is 0.156. The van der Waals surface area contributed by atoms with Gasteiger partial charge in [0.05, 0.1) is 6.54 Å². The molecule has 0 amide bonds. The van der Waals surface area contributed by atoms with Crippen LogP contribution in [0.15, 0.2) is 0 Å². The van der Waals surface area contributed by atoms with Crippen LogP contribution >= 0.6 is 11.5 Å². The van der Waals surface area contributed by atoms with Crippen molar-refractivity contribution in [3.05, 3.63) is 0 Å². The standard InChI is InChI=1S/C5H8F2N4S/c1-11(2-3(6)7)5-9-4(8)10-12-5/h3H,2H2,1H3,(H2,8,10). The maximum Gasteiger partial charge on any atom is 0.255 e. The Kier molecular flexibility index (Phi) is 2.74. The average Bonchev–Trinajstić information content (AvgIpc) is 2.34. The molecule has 2 N–H and O–H groups in total. The lowest BCUT2D eigenvalue weighted by atomic mass is 10.6. The summed E-state index contributed by atoms with van der Waals surface area (Å²) in [6.45, 7) is -0.353. The first-order valence-electron chi connectivity index (χ1n) is 3.18. The molecule has 0 aromatic carbocycles. The number of hydrogen-bond donors (Lipinski definition) is 1. The van der Waals surface area contributed by atoms with Crippen molar-refractivity contribution >= 4 is 22.6 Å². The number of hydrogen-bond acceptors (Lipinski definition) is 5. The minimum absolute atomic E-state index is 0.121. The minimum Gasteiger partial charge on any atom is -0.367 e. The molecule has 0 aliphatic heterocycles. The highest BCUT2D eigenvalue weighted by atomic mass is 32.1. The van der Waals surface area contributed by atoms with Gasteiger partial charge in [-0.3, -0.25) is 0 Å². The summed E-state index contributed by atoms with van der Waals surface area (Å²) in [6, 6.07) is 0. The molecule has 12 heavy (non-hydrogen) atoms. The molecule has 68 valence electrons. The third-order valence-corrected chi connectivity index (χ3v) is 2.01. The molecule has 1 aromatic heterocycles. The number of rotatable bonds is 3. The number of nitrogens with two attached hydrogens (primary N) is 1. The summed E-state index contributed by atoms with van der Waals surface area (Å²) >= 11 is 1.01. The van der Waals surface area contributed by atoms with Crippen LogP contribution in [-0.4, -0.2) is 29.4 Å². The molecule has 0 spiro atoms. The van der Waals surface area contributed by atoms with E-state index in [9.17, 15) is 8.78 Å². The van der Waals surface area contributed by atoms with Crippen molar-refractivity contribution in [2.24, 2.45) is 0 Å². The number of anilines is 2. The van der Waals surface area contributed by atoms with Crippen LogP contribution in [0.2, 0.25) is 0 Å². The predicted molar refractivity (Wildman–Crippen MR) is 43.6 cm³/mol. The van der Waals surface area contributed by atoms with Gasteiger partial charge in [-0.15, -0.1) is 0 Å². The average molecular weight is 194 g/mol. The zero-order chi connectivity index (χ0) is 9.14. The highest BCUT2D eigenvalue weighted by molar-refractivity contribution is 7.09. The van der Waals surface area contributed by atoms with E-state index >= 15 is 0 Å². The van der Waals surface area contributed by atoms with Gasteiger partial charge in [0.1, 0.15) is 0 Å². The smallest absolute Gasteiger partial charge is 0.255 e. The Morgan fingerprint density at radius 2 is 2.33 bits per heavy atom. The predicted octanol–water partition coefficient (Wildman–Crippen LogP) is 0.822. The lowest BCUT2D eigenvalue weighted by Gasteiger charge is -2.13. The van der Waals surface area contributed by atoms with Crippen LogP contribution in [-0.2, 0) is 0 Å². The molecular weight excluding hydrogens is 186 g/mol. The summed E-state index contributed by atoms with van der Waals surface area (Å²) in [5.41, 5.74) is 5.22. The van der Waals surface area contributed by atoms with Gasteiger partial charge in [-0.1, -0.05) is 0 Å². The van der Waals surface area contributed by atoms with Crippen molar-refractivity contribution < 1.29 is 8.78 Å². The van der Waals surface area contributed by atoms with Crippen LogP contribution in [0.25, 0.3) is 0 Å². The van der Waals surface area contributed by atoms with E-state index in [0.29, 0.717) is 5.13 Å². The first-order valence-corrected chi connectivity index (χ1v) is 3.95. The van der Waals surface area contributed by atoms with Gasteiger partial charge in [-0.25, -0.2) is 8.78 Å². The van der Waals surface area contributed by atoms with E-state index in [-0.39, 0.29) is 12.5 Å². The molecule has 0 fully saturated rings. The van der Waals surface area contributed by atoms with Gasteiger partial charge in [0.15, 0.2) is 0 Å². The molecular formula is C5H8F2N4S. The van der Waals surface area contributed by atoms with E-state index in [1.807, 2.05) is 0 Å². The van der Waals surface area contributed by atoms with Crippen LogP contribution < -0.4 is 10.6 Å². The minimum atomic E-state index is -2.37. The molecule has 4 nitrogen and oxygen atoms in total. The van der Waals surface area contributed by atoms with Gasteiger partial charge >= 0.3 is 0 Å². The molecule has 0 saturated heterocycles. The van der Waals surface area contributed by atoms with E-state index in [4.69, 9.17) is 5.73 Å². The molecule has 0 unspecified atom stereocenters. The van der Waals surface area contributed by atoms with Crippen LogP contribution in [0.1, 0.15) is 0 Å². The topological polar surface area (TPSA) is 55.0 Å². The van der Waals surface area contributed by atoms with Crippen molar-refractivity contribution in [1.29, 1.82) is 0 Å². The summed E-state index contributed by atoms with van der Waals surface area (Å²) in [7, 11) is 1.52. The van der Waals surface area contributed by atoms with Gasteiger partial charge in [0, 0.05) is 18.6 Å². The number of nitrogens with zero attached hydrogens (tertiary/aromatic N) is 3. The van der Waals surface area contributed by atoms with Crippen molar-refractivity contribution in [3.63, 3.8) is 0 Å². The quantitative estimate of drug-likeness (QED) is 0.774. The second-order valence-electron chi connectivity index (χ2n) is 2.21. The van der Waals surface area contributed by atoms with E-state index < -0.39 is 6.43 Å². The Hall–Kier alpha value is -0.980. The van der Waals surface area contributed by atoms with Crippen LogP contribution in [0.5, 0.6) is 0 Å². The second-order valence-corrected chi connectivity index (χ2v) is 2.94. The van der Waals surface area contributed by atoms with Crippen LogP contribution in [0, 0.1) is 0 Å². The number of halogens is 2. The fraction of sp³-hybridized carbons (Fsp3) is 0.600. The molecule has 1 rings (SSSR count). The third-order valence-electron chi connectivity index (χ3n) is 1.17. The molecule has 0 atom stereocenters. The second kappa shape index (κ2) is 3.61. The van der Waals surface area contributed by atoms with Crippen molar-refractivity contribution in [1.82, 2.24) is 9.36 Å². The molecule has 0 aliphatic carbocycles. The highest BCUT2D eigenvalue weighted by Gasteiger charge is 2.11. The Morgan fingerprint density at radius 3 is 2.75 bits per heavy atom. The summed E-state index contributed by atoms with van der Waals surface area (Å²) in [6.07, 6.45) is -2.37. The maximum atomic E-state index is 11.9.